The summed E-state index contributed by atoms with van der Waals surface area (Å²) in [6.07, 6.45) is -3.46. The number of carbonyl (C=O) groups excluding carboxylic acids is 1. The zero-order chi connectivity index (χ0) is 22.6. The number of halogens is 5. The first-order chi connectivity index (χ1) is 14.7. The minimum Gasteiger partial charge on any atom is -0.462 e. The maximum Gasteiger partial charge on any atom is 0.416 e. The van der Waals surface area contributed by atoms with E-state index < -0.39 is 29.3 Å². The summed E-state index contributed by atoms with van der Waals surface area (Å²) < 4.78 is 71.4. The predicted octanol–water partition coefficient (Wildman–Crippen LogP) is 5.23. The number of hydrogen-bond donors (Lipinski definition) is 1. The third kappa shape index (κ3) is 5.14. The second-order valence-corrected chi connectivity index (χ2v) is 6.32. The SMILES string of the molecule is CCOC(=O)c1cnc(-c2cccc(C(F)(F)F)c2)nc1NCc1cccc(F)c1F. The van der Waals surface area contributed by atoms with E-state index in [9.17, 15) is 26.7 Å². The lowest BCUT2D eigenvalue weighted by atomic mass is 10.1. The molecule has 0 saturated carbocycles. The summed E-state index contributed by atoms with van der Waals surface area (Å²) in [6, 6.07) is 7.97. The molecule has 31 heavy (non-hydrogen) atoms. The molecule has 0 aliphatic rings. The summed E-state index contributed by atoms with van der Waals surface area (Å²) in [6.45, 7) is 1.41. The molecule has 0 bridgehead atoms. The second kappa shape index (κ2) is 9.07. The van der Waals surface area contributed by atoms with E-state index in [0.717, 1.165) is 24.4 Å². The number of carbonyl (C=O) groups is 1. The maximum absolute atomic E-state index is 13.9. The smallest absolute Gasteiger partial charge is 0.416 e. The Morgan fingerprint density at radius 1 is 1.13 bits per heavy atom. The van der Waals surface area contributed by atoms with Gasteiger partial charge in [-0.1, -0.05) is 24.3 Å². The van der Waals surface area contributed by atoms with Crippen LogP contribution in [0, 0.1) is 11.6 Å². The average molecular weight is 437 g/mol. The quantitative estimate of drug-likeness (QED) is 0.423. The molecule has 162 valence electrons. The Bertz CT molecular complexity index is 1100. The van der Waals surface area contributed by atoms with Crippen LogP contribution < -0.4 is 5.32 Å². The van der Waals surface area contributed by atoms with Crippen LogP contribution in [-0.4, -0.2) is 22.5 Å². The van der Waals surface area contributed by atoms with E-state index in [1.807, 2.05) is 0 Å². The van der Waals surface area contributed by atoms with Gasteiger partial charge in [-0.2, -0.15) is 13.2 Å². The highest BCUT2D eigenvalue weighted by molar-refractivity contribution is 5.94. The Labute approximate surface area is 173 Å². The van der Waals surface area contributed by atoms with E-state index in [2.05, 4.69) is 15.3 Å². The lowest BCUT2D eigenvalue weighted by Crippen LogP contribution is -2.13. The van der Waals surface area contributed by atoms with Gasteiger partial charge in [0.15, 0.2) is 17.5 Å². The second-order valence-electron chi connectivity index (χ2n) is 6.32. The van der Waals surface area contributed by atoms with Crippen LogP contribution in [0.4, 0.5) is 27.8 Å². The molecule has 1 N–H and O–H groups in total. The van der Waals surface area contributed by atoms with Gasteiger partial charge < -0.3 is 10.1 Å². The molecule has 0 saturated heterocycles. The van der Waals surface area contributed by atoms with Crippen molar-refractivity contribution in [3.05, 3.63) is 77.0 Å². The fraction of sp³-hybridized carbons (Fsp3) is 0.190. The van der Waals surface area contributed by atoms with E-state index in [1.165, 1.54) is 24.3 Å². The van der Waals surface area contributed by atoms with Crippen LogP contribution in [0.15, 0.2) is 48.7 Å². The molecule has 0 atom stereocenters. The normalized spacial score (nSPS) is 11.3. The van der Waals surface area contributed by atoms with Gasteiger partial charge in [0.1, 0.15) is 11.4 Å². The number of nitrogens with zero attached hydrogens (tertiary/aromatic N) is 2. The molecule has 1 aromatic heterocycles. The van der Waals surface area contributed by atoms with Gasteiger partial charge in [-0.3, -0.25) is 0 Å². The van der Waals surface area contributed by atoms with Gasteiger partial charge >= 0.3 is 12.1 Å². The van der Waals surface area contributed by atoms with Crippen LogP contribution in [0.25, 0.3) is 11.4 Å². The number of hydrogen-bond acceptors (Lipinski definition) is 5. The van der Waals surface area contributed by atoms with E-state index in [0.29, 0.717) is 0 Å². The standard InChI is InChI=1S/C21H16F5N3O2/c1-2-31-20(30)15-11-28-18(12-5-3-7-14(9-12)21(24,25)26)29-19(15)27-10-13-6-4-8-16(22)17(13)23/h3-9,11H,2,10H2,1H3,(H,27,28,29). The number of benzene rings is 2. The third-order valence-corrected chi connectivity index (χ3v) is 4.21. The maximum atomic E-state index is 13.9. The van der Waals surface area contributed by atoms with Crippen LogP contribution in [0.2, 0.25) is 0 Å². The summed E-state index contributed by atoms with van der Waals surface area (Å²) >= 11 is 0. The highest BCUT2D eigenvalue weighted by Gasteiger charge is 2.30. The molecule has 0 aliphatic carbocycles. The molecule has 0 radical (unpaired) electrons. The summed E-state index contributed by atoms with van der Waals surface area (Å²) in [5, 5.41) is 2.71. The van der Waals surface area contributed by atoms with Crippen molar-refractivity contribution in [3.63, 3.8) is 0 Å². The van der Waals surface area contributed by atoms with Crippen molar-refractivity contribution in [2.45, 2.75) is 19.6 Å². The monoisotopic (exact) mass is 437 g/mol. The summed E-state index contributed by atoms with van der Waals surface area (Å²) in [4.78, 5) is 20.3. The largest absolute Gasteiger partial charge is 0.462 e. The van der Waals surface area contributed by atoms with Gasteiger partial charge in [0.25, 0.3) is 0 Å². The van der Waals surface area contributed by atoms with Gasteiger partial charge in [0.2, 0.25) is 0 Å². The Morgan fingerprint density at radius 2 is 1.87 bits per heavy atom. The Balaban J connectivity index is 1.99. The molecule has 0 amide bonds. The van der Waals surface area contributed by atoms with Crippen LogP contribution in [0.1, 0.15) is 28.4 Å². The molecule has 0 aliphatic heterocycles. The molecule has 2 aromatic carbocycles. The first kappa shape index (κ1) is 22.1. The van der Waals surface area contributed by atoms with Crippen LogP contribution in [0.5, 0.6) is 0 Å². The van der Waals surface area contributed by atoms with Crippen LogP contribution >= 0.6 is 0 Å². The Hall–Kier alpha value is -3.56. The van der Waals surface area contributed by atoms with Gasteiger partial charge in [-0.15, -0.1) is 0 Å². The number of anilines is 1. The fourth-order valence-corrected chi connectivity index (χ4v) is 2.71. The first-order valence-electron chi connectivity index (χ1n) is 9.09. The highest BCUT2D eigenvalue weighted by Crippen LogP contribution is 2.32. The molecule has 0 spiro atoms. The number of alkyl halides is 3. The van der Waals surface area contributed by atoms with Gasteiger partial charge in [0, 0.05) is 23.9 Å². The number of nitrogens with one attached hydrogen (secondary N) is 1. The van der Waals surface area contributed by atoms with Crippen molar-refractivity contribution in [1.82, 2.24) is 9.97 Å². The van der Waals surface area contributed by atoms with Crippen molar-refractivity contribution in [3.8, 4) is 11.4 Å². The molecule has 3 rings (SSSR count). The first-order valence-corrected chi connectivity index (χ1v) is 9.09. The Morgan fingerprint density at radius 3 is 2.58 bits per heavy atom. The number of ether oxygens (including phenoxy) is 1. The predicted molar refractivity (Wildman–Crippen MR) is 102 cm³/mol. The molecule has 3 aromatic rings. The number of aromatic nitrogens is 2. The van der Waals surface area contributed by atoms with Crippen molar-refractivity contribution in [2.24, 2.45) is 0 Å². The van der Waals surface area contributed by atoms with Crippen molar-refractivity contribution >= 4 is 11.8 Å². The van der Waals surface area contributed by atoms with E-state index >= 15 is 0 Å². The van der Waals surface area contributed by atoms with E-state index in [4.69, 9.17) is 4.74 Å². The van der Waals surface area contributed by atoms with Gasteiger partial charge in [-0.25, -0.2) is 23.5 Å². The molecule has 5 nitrogen and oxygen atoms in total. The van der Waals surface area contributed by atoms with Gasteiger partial charge in [-0.05, 0) is 25.1 Å². The minimum atomic E-state index is -4.56. The van der Waals surface area contributed by atoms with E-state index in [1.54, 1.807) is 6.92 Å². The van der Waals surface area contributed by atoms with E-state index in [-0.39, 0.29) is 41.5 Å². The van der Waals surface area contributed by atoms with Crippen molar-refractivity contribution in [2.75, 3.05) is 11.9 Å². The van der Waals surface area contributed by atoms with Crippen molar-refractivity contribution in [1.29, 1.82) is 0 Å². The molecule has 0 fully saturated rings. The zero-order valence-corrected chi connectivity index (χ0v) is 16.1. The topological polar surface area (TPSA) is 64.1 Å². The lowest BCUT2D eigenvalue weighted by molar-refractivity contribution is -0.137. The molecular weight excluding hydrogens is 421 g/mol. The summed E-state index contributed by atoms with van der Waals surface area (Å²) in [5.74, 6) is -3.08. The zero-order valence-electron chi connectivity index (χ0n) is 16.1. The number of esters is 1. The number of rotatable bonds is 6. The molecule has 1 heterocycles. The summed E-state index contributed by atoms with van der Waals surface area (Å²) in [7, 11) is 0. The third-order valence-electron chi connectivity index (χ3n) is 4.21. The molecular formula is C21H16F5N3O2. The van der Waals surface area contributed by atoms with Crippen LogP contribution in [-0.2, 0) is 17.5 Å². The Kier molecular flexibility index (Phi) is 6.47. The van der Waals surface area contributed by atoms with Crippen LogP contribution in [0.3, 0.4) is 0 Å². The van der Waals surface area contributed by atoms with Crippen molar-refractivity contribution < 1.29 is 31.5 Å². The highest BCUT2D eigenvalue weighted by atomic mass is 19.4. The molecule has 0 unspecified atom stereocenters. The minimum absolute atomic E-state index is 0.0333. The average Bonchev–Trinajstić information content (AvgIpc) is 2.74. The lowest BCUT2D eigenvalue weighted by Gasteiger charge is -2.13. The fourth-order valence-electron chi connectivity index (χ4n) is 2.71. The summed E-state index contributed by atoms with van der Waals surface area (Å²) in [5.41, 5.74) is -0.965. The van der Waals surface area contributed by atoms with Gasteiger partial charge in [0.05, 0.1) is 12.2 Å². The molecule has 10 heteroatoms.